The molecule has 0 fully saturated rings. The molecule has 0 spiro atoms. The lowest BCUT2D eigenvalue weighted by Crippen LogP contribution is -2.08. The van der Waals surface area contributed by atoms with E-state index in [1.54, 1.807) is 0 Å². The largest absolute Gasteiger partial charge is 0.466 e. The summed E-state index contributed by atoms with van der Waals surface area (Å²) in [5, 5.41) is 0. The fourth-order valence-electron chi connectivity index (χ4n) is 1.63. The van der Waals surface area contributed by atoms with Gasteiger partial charge in [-0.05, 0) is 32.6 Å². The summed E-state index contributed by atoms with van der Waals surface area (Å²) in [6.07, 6.45) is 6.52. The molecule has 0 rings (SSSR count). The van der Waals surface area contributed by atoms with Crippen LogP contribution in [0, 0.1) is 5.92 Å². The Hall–Kier alpha value is -0.570. The summed E-state index contributed by atoms with van der Waals surface area (Å²) < 4.78 is 10.6. The minimum atomic E-state index is -0.0599. The molecule has 0 atom stereocenters. The minimum Gasteiger partial charge on any atom is -0.466 e. The maximum Gasteiger partial charge on any atom is 0.306 e. The Morgan fingerprint density at radius 1 is 0.889 bits per heavy atom. The molecule has 108 valence electrons. The average molecular weight is 258 g/mol. The first-order chi connectivity index (χ1) is 8.52. The van der Waals surface area contributed by atoms with Crippen molar-refractivity contribution in [2.45, 2.75) is 72.3 Å². The quantitative estimate of drug-likeness (QED) is 0.416. The van der Waals surface area contributed by atoms with Crippen LogP contribution < -0.4 is 0 Å². The van der Waals surface area contributed by atoms with Crippen LogP contribution in [0.15, 0.2) is 0 Å². The molecule has 0 aromatic carbocycles. The van der Waals surface area contributed by atoms with E-state index in [-0.39, 0.29) is 5.97 Å². The summed E-state index contributed by atoms with van der Waals surface area (Å²) in [4.78, 5) is 11.3. The van der Waals surface area contributed by atoms with E-state index < -0.39 is 0 Å². The van der Waals surface area contributed by atoms with Crippen molar-refractivity contribution in [3.05, 3.63) is 0 Å². The summed E-state index contributed by atoms with van der Waals surface area (Å²) in [5.74, 6) is 0.328. The Morgan fingerprint density at radius 3 is 2.00 bits per heavy atom. The van der Waals surface area contributed by atoms with E-state index in [0.29, 0.717) is 25.0 Å². The van der Waals surface area contributed by atoms with Gasteiger partial charge in [0, 0.05) is 13.0 Å². The van der Waals surface area contributed by atoms with Crippen LogP contribution in [0.1, 0.15) is 66.2 Å². The van der Waals surface area contributed by atoms with E-state index in [4.69, 9.17) is 9.47 Å². The predicted octanol–water partition coefficient (Wildman–Crippen LogP) is 3.95. The van der Waals surface area contributed by atoms with Gasteiger partial charge in [0.15, 0.2) is 0 Å². The van der Waals surface area contributed by atoms with Gasteiger partial charge in [0.25, 0.3) is 0 Å². The molecule has 0 aromatic heterocycles. The molecule has 3 nitrogen and oxygen atoms in total. The van der Waals surface area contributed by atoms with Gasteiger partial charge in [-0.1, -0.05) is 33.1 Å². The summed E-state index contributed by atoms with van der Waals surface area (Å²) in [5.41, 5.74) is 0. The first-order valence-corrected chi connectivity index (χ1v) is 7.29. The molecule has 0 N–H and O–H groups in total. The molecule has 0 saturated heterocycles. The molecule has 0 aliphatic rings. The van der Waals surface area contributed by atoms with Crippen molar-refractivity contribution in [2.24, 2.45) is 5.92 Å². The van der Waals surface area contributed by atoms with E-state index in [1.807, 2.05) is 13.8 Å². The van der Waals surface area contributed by atoms with Gasteiger partial charge in [-0.25, -0.2) is 0 Å². The van der Waals surface area contributed by atoms with E-state index in [1.165, 1.54) is 12.8 Å². The molecule has 0 unspecified atom stereocenters. The Kier molecular flexibility index (Phi) is 11.2. The van der Waals surface area contributed by atoms with Gasteiger partial charge in [0.05, 0.1) is 12.7 Å². The molecule has 0 radical (unpaired) electrons. The third-order valence-electron chi connectivity index (χ3n) is 2.58. The summed E-state index contributed by atoms with van der Waals surface area (Å²) in [6.45, 7) is 9.62. The topological polar surface area (TPSA) is 35.5 Å². The zero-order valence-electron chi connectivity index (χ0n) is 12.5. The molecular formula is C15H30O3. The number of carbonyl (C=O) groups excluding carboxylic acids is 1. The fourth-order valence-corrected chi connectivity index (χ4v) is 1.63. The van der Waals surface area contributed by atoms with Gasteiger partial charge in [0.1, 0.15) is 0 Å². The molecule has 0 aliphatic heterocycles. The van der Waals surface area contributed by atoms with Gasteiger partial charge >= 0.3 is 5.97 Å². The molecular weight excluding hydrogens is 228 g/mol. The number of ether oxygens (including phenoxy) is 2. The monoisotopic (exact) mass is 258 g/mol. The molecule has 18 heavy (non-hydrogen) atoms. The Morgan fingerprint density at radius 2 is 1.44 bits per heavy atom. The average Bonchev–Trinajstić information content (AvgIpc) is 2.25. The van der Waals surface area contributed by atoms with E-state index in [2.05, 4.69) is 13.8 Å². The van der Waals surface area contributed by atoms with Gasteiger partial charge < -0.3 is 9.47 Å². The Bertz CT molecular complexity index is 200. The highest BCUT2D eigenvalue weighted by Gasteiger charge is 2.05. The number of unbranched alkanes of at least 4 members (excludes halogenated alkanes) is 4. The van der Waals surface area contributed by atoms with Gasteiger partial charge in [-0.3, -0.25) is 4.79 Å². The highest BCUT2D eigenvalue weighted by Crippen LogP contribution is 2.06. The number of esters is 1. The standard InChI is InChI=1S/C15H30O3/c1-13(2)12-15(16)18-11-9-7-5-6-8-10-17-14(3)4/h13-14H,5-12H2,1-4H3. The molecule has 3 heteroatoms. The molecule has 0 heterocycles. The van der Waals surface area contributed by atoms with Crippen molar-refractivity contribution in [1.82, 2.24) is 0 Å². The van der Waals surface area contributed by atoms with Crippen LogP contribution in [0.25, 0.3) is 0 Å². The van der Waals surface area contributed by atoms with Crippen molar-refractivity contribution in [3.8, 4) is 0 Å². The summed E-state index contributed by atoms with van der Waals surface area (Å²) in [7, 11) is 0. The van der Waals surface area contributed by atoms with Crippen LogP contribution in [0.2, 0.25) is 0 Å². The van der Waals surface area contributed by atoms with Crippen LogP contribution in [-0.2, 0) is 14.3 Å². The second kappa shape index (κ2) is 11.5. The van der Waals surface area contributed by atoms with Crippen LogP contribution in [0.3, 0.4) is 0 Å². The van der Waals surface area contributed by atoms with Crippen LogP contribution in [0.4, 0.5) is 0 Å². The van der Waals surface area contributed by atoms with Gasteiger partial charge in [-0.15, -0.1) is 0 Å². The van der Waals surface area contributed by atoms with E-state index in [0.717, 1.165) is 25.9 Å². The van der Waals surface area contributed by atoms with Crippen molar-refractivity contribution < 1.29 is 14.3 Å². The Labute approximate surface area is 112 Å². The first kappa shape index (κ1) is 17.4. The van der Waals surface area contributed by atoms with Crippen LogP contribution >= 0.6 is 0 Å². The van der Waals surface area contributed by atoms with E-state index in [9.17, 15) is 4.79 Å². The second-order valence-electron chi connectivity index (χ2n) is 5.51. The Balaban J connectivity index is 3.14. The highest BCUT2D eigenvalue weighted by atomic mass is 16.5. The number of hydrogen-bond donors (Lipinski definition) is 0. The summed E-state index contributed by atoms with van der Waals surface area (Å²) in [6, 6.07) is 0. The van der Waals surface area contributed by atoms with Crippen LogP contribution in [-0.4, -0.2) is 25.3 Å². The molecule has 0 aliphatic carbocycles. The number of hydrogen-bond acceptors (Lipinski definition) is 3. The maximum atomic E-state index is 11.3. The SMILES string of the molecule is CC(C)CC(=O)OCCCCCCCOC(C)C. The normalized spacial score (nSPS) is 11.2. The third kappa shape index (κ3) is 13.5. The van der Waals surface area contributed by atoms with Gasteiger partial charge in [0.2, 0.25) is 0 Å². The first-order valence-electron chi connectivity index (χ1n) is 7.29. The summed E-state index contributed by atoms with van der Waals surface area (Å²) >= 11 is 0. The van der Waals surface area contributed by atoms with Crippen molar-refractivity contribution in [1.29, 1.82) is 0 Å². The second-order valence-corrected chi connectivity index (χ2v) is 5.51. The number of carbonyl (C=O) groups is 1. The number of rotatable bonds is 11. The zero-order chi connectivity index (χ0) is 13.8. The minimum absolute atomic E-state index is 0.0599. The fraction of sp³-hybridized carbons (Fsp3) is 0.933. The van der Waals surface area contributed by atoms with Crippen molar-refractivity contribution in [2.75, 3.05) is 13.2 Å². The molecule has 0 amide bonds. The lowest BCUT2D eigenvalue weighted by molar-refractivity contribution is -0.144. The van der Waals surface area contributed by atoms with E-state index >= 15 is 0 Å². The lowest BCUT2D eigenvalue weighted by Gasteiger charge is -2.07. The zero-order valence-corrected chi connectivity index (χ0v) is 12.5. The van der Waals surface area contributed by atoms with Crippen LogP contribution in [0.5, 0.6) is 0 Å². The maximum absolute atomic E-state index is 11.3. The lowest BCUT2D eigenvalue weighted by atomic mass is 10.1. The molecule has 0 saturated carbocycles. The van der Waals surface area contributed by atoms with Crippen molar-refractivity contribution in [3.63, 3.8) is 0 Å². The molecule has 0 aromatic rings. The highest BCUT2D eigenvalue weighted by molar-refractivity contribution is 5.69. The van der Waals surface area contributed by atoms with Gasteiger partial charge in [-0.2, -0.15) is 0 Å². The third-order valence-corrected chi connectivity index (χ3v) is 2.58. The smallest absolute Gasteiger partial charge is 0.306 e. The van der Waals surface area contributed by atoms with Crippen molar-refractivity contribution >= 4 is 5.97 Å². The predicted molar refractivity (Wildman–Crippen MR) is 74.6 cm³/mol. The molecule has 0 bridgehead atoms.